The fourth-order valence-electron chi connectivity index (χ4n) is 2.67. The SMILES string of the molecule is CN=C(NCCC1CCCCC1)NCc1ccsc1.I. The first-order chi connectivity index (χ1) is 9.38. The molecule has 0 amide bonds. The molecule has 1 aromatic rings. The molecule has 0 atom stereocenters. The molecule has 5 heteroatoms. The largest absolute Gasteiger partial charge is 0.356 e. The summed E-state index contributed by atoms with van der Waals surface area (Å²) in [4.78, 5) is 4.27. The minimum absolute atomic E-state index is 0. The zero-order chi connectivity index (χ0) is 13.3. The molecule has 1 fully saturated rings. The standard InChI is InChI=1S/C15H25N3S.HI/c1-16-15(18-11-14-8-10-19-12-14)17-9-7-13-5-3-2-4-6-13;/h8,10,12-13H,2-7,9,11H2,1H3,(H2,16,17,18);1H. The van der Waals surface area contributed by atoms with E-state index in [1.165, 1.54) is 44.1 Å². The highest BCUT2D eigenvalue weighted by molar-refractivity contribution is 14.0. The van der Waals surface area contributed by atoms with Gasteiger partial charge in [0.1, 0.15) is 0 Å². The molecule has 1 aliphatic carbocycles. The molecule has 1 saturated carbocycles. The Bertz CT molecular complexity index is 372. The van der Waals surface area contributed by atoms with E-state index in [0.717, 1.165) is 25.0 Å². The molecule has 114 valence electrons. The molecular weight excluding hydrogens is 381 g/mol. The van der Waals surface area contributed by atoms with Crippen LogP contribution in [0.4, 0.5) is 0 Å². The van der Waals surface area contributed by atoms with Gasteiger partial charge < -0.3 is 10.6 Å². The lowest BCUT2D eigenvalue weighted by atomic mass is 9.87. The summed E-state index contributed by atoms with van der Waals surface area (Å²) in [6.45, 7) is 1.89. The van der Waals surface area contributed by atoms with E-state index in [4.69, 9.17) is 0 Å². The number of rotatable bonds is 5. The maximum atomic E-state index is 4.27. The van der Waals surface area contributed by atoms with Crippen molar-refractivity contribution in [3.63, 3.8) is 0 Å². The molecule has 20 heavy (non-hydrogen) atoms. The Kier molecular flexibility index (Phi) is 9.26. The topological polar surface area (TPSA) is 36.4 Å². The maximum absolute atomic E-state index is 4.27. The second-order valence-electron chi connectivity index (χ2n) is 5.28. The van der Waals surface area contributed by atoms with E-state index in [1.807, 2.05) is 7.05 Å². The van der Waals surface area contributed by atoms with Gasteiger partial charge >= 0.3 is 0 Å². The third-order valence-electron chi connectivity index (χ3n) is 3.83. The minimum Gasteiger partial charge on any atom is -0.356 e. The summed E-state index contributed by atoms with van der Waals surface area (Å²) >= 11 is 1.74. The van der Waals surface area contributed by atoms with Gasteiger partial charge in [0.15, 0.2) is 5.96 Å². The van der Waals surface area contributed by atoms with Crippen molar-refractivity contribution in [3.8, 4) is 0 Å². The van der Waals surface area contributed by atoms with Gasteiger partial charge in [-0.3, -0.25) is 4.99 Å². The minimum atomic E-state index is 0. The third-order valence-corrected chi connectivity index (χ3v) is 4.57. The molecule has 0 unspecified atom stereocenters. The van der Waals surface area contributed by atoms with Gasteiger partial charge in [-0.05, 0) is 34.7 Å². The van der Waals surface area contributed by atoms with E-state index in [9.17, 15) is 0 Å². The van der Waals surface area contributed by atoms with Crippen LogP contribution in [0, 0.1) is 5.92 Å². The van der Waals surface area contributed by atoms with E-state index in [1.54, 1.807) is 11.3 Å². The van der Waals surface area contributed by atoms with Crippen molar-refractivity contribution in [1.82, 2.24) is 10.6 Å². The quantitative estimate of drug-likeness (QED) is 0.440. The molecule has 2 rings (SSSR count). The predicted molar refractivity (Wildman–Crippen MR) is 99.1 cm³/mol. The average Bonchev–Trinajstić information content (AvgIpc) is 2.97. The number of aliphatic imine (C=N–C) groups is 1. The predicted octanol–water partition coefficient (Wildman–Crippen LogP) is 4.00. The van der Waals surface area contributed by atoms with Gasteiger partial charge in [0.25, 0.3) is 0 Å². The number of thiophene rings is 1. The van der Waals surface area contributed by atoms with Crippen LogP contribution in [-0.2, 0) is 6.54 Å². The smallest absolute Gasteiger partial charge is 0.191 e. The van der Waals surface area contributed by atoms with Gasteiger partial charge in [-0.15, -0.1) is 24.0 Å². The van der Waals surface area contributed by atoms with Crippen molar-refractivity contribution in [3.05, 3.63) is 22.4 Å². The number of hydrogen-bond acceptors (Lipinski definition) is 2. The van der Waals surface area contributed by atoms with Crippen molar-refractivity contribution in [1.29, 1.82) is 0 Å². The summed E-state index contributed by atoms with van der Waals surface area (Å²) in [6.07, 6.45) is 8.41. The summed E-state index contributed by atoms with van der Waals surface area (Å²) in [6, 6.07) is 2.15. The zero-order valence-electron chi connectivity index (χ0n) is 12.2. The molecule has 3 nitrogen and oxygen atoms in total. The number of guanidine groups is 1. The summed E-state index contributed by atoms with van der Waals surface area (Å²) in [5.41, 5.74) is 1.32. The summed E-state index contributed by atoms with van der Waals surface area (Å²) in [5, 5.41) is 11.1. The Labute approximate surface area is 143 Å². The van der Waals surface area contributed by atoms with Crippen LogP contribution in [0.25, 0.3) is 0 Å². The lowest BCUT2D eigenvalue weighted by molar-refractivity contribution is 0.339. The Morgan fingerprint density at radius 3 is 2.75 bits per heavy atom. The fourth-order valence-corrected chi connectivity index (χ4v) is 3.34. The summed E-state index contributed by atoms with van der Waals surface area (Å²) in [7, 11) is 1.84. The Balaban J connectivity index is 0.00000200. The van der Waals surface area contributed by atoms with E-state index in [2.05, 4.69) is 32.5 Å². The Morgan fingerprint density at radius 2 is 2.10 bits per heavy atom. The highest BCUT2D eigenvalue weighted by Gasteiger charge is 2.12. The van der Waals surface area contributed by atoms with Gasteiger partial charge in [0.05, 0.1) is 0 Å². The van der Waals surface area contributed by atoms with Gasteiger partial charge in [-0.2, -0.15) is 11.3 Å². The second kappa shape index (κ2) is 10.4. The molecule has 0 saturated heterocycles. The van der Waals surface area contributed by atoms with Crippen molar-refractivity contribution >= 4 is 41.3 Å². The second-order valence-corrected chi connectivity index (χ2v) is 6.06. The van der Waals surface area contributed by atoms with Crippen molar-refractivity contribution in [2.75, 3.05) is 13.6 Å². The molecule has 0 bridgehead atoms. The Morgan fingerprint density at radius 1 is 1.30 bits per heavy atom. The highest BCUT2D eigenvalue weighted by Crippen LogP contribution is 2.25. The molecule has 0 aromatic carbocycles. The average molecular weight is 407 g/mol. The van der Waals surface area contributed by atoms with Crippen LogP contribution in [0.5, 0.6) is 0 Å². The molecule has 1 aliphatic rings. The molecule has 0 aliphatic heterocycles. The van der Waals surface area contributed by atoms with Crippen molar-refractivity contribution in [2.24, 2.45) is 10.9 Å². The molecular formula is C15H26IN3S. The molecule has 2 N–H and O–H groups in total. The van der Waals surface area contributed by atoms with Crippen molar-refractivity contribution < 1.29 is 0 Å². The van der Waals surface area contributed by atoms with Crippen LogP contribution < -0.4 is 10.6 Å². The zero-order valence-corrected chi connectivity index (χ0v) is 15.4. The van der Waals surface area contributed by atoms with Crippen LogP contribution >= 0.6 is 35.3 Å². The van der Waals surface area contributed by atoms with Gasteiger partial charge in [0.2, 0.25) is 0 Å². The monoisotopic (exact) mass is 407 g/mol. The van der Waals surface area contributed by atoms with E-state index < -0.39 is 0 Å². The summed E-state index contributed by atoms with van der Waals surface area (Å²) in [5.74, 6) is 1.85. The highest BCUT2D eigenvalue weighted by atomic mass is 127. The van der Waals surface area contributed by atoms with Crippen LogP contribution in [0.1, 0.15) is 44.1 Å². The van der Waals surface area contributed by atoms with Crippen LogP contribution in [0.15, 0.2) is 21.8 Å². The van der Waals surface area contributed by atoms with E-state index in [0.29, 0.717) is 0 Å². The van der Waals surface area contributed by atoms with E-state index in [-0.39, 0.29) is 24.0 Å². The molecule has 0 radical (unpaired) electrons. The van der Waals surface area contributed by atoms with Crippen molar-refractivity contribution in [2.45, 2.75) is 45.1 Å². The fraction of sp³-hybridized carbons (Fsp3) is 0.667. The first-order valence-corrected chi connectivity index (χ1v) is 8.28. The number of nitrogens with zero attached hydrogens (tertiary/aromatic N) is 1. The maximum Gasteiger partial charge on any atom is 0.191 e. The van der Waals surface area contributed by atoms with Gasteiger partial charge in [0, 0.05) is 20.1 Å². The van der Waals surface area contributed by atoms with Gasteiger partial charge in [-0.1, -0.05) is 32.1 Å². The number of hydrogen-bond donors (Lipinski definition) is 2. The lowest BCUT2D eigenvalue weighted by Crippen LogP contribution is -2.37. The number of halogens is 1. The van der Waals surface area contributed by atoms with Gasteiger partial charge in [-0.25, -0.2) is 0 Å². The number of nitrogens with one attached hydrogen (secondary N) is 2. The Hall–Kier alpha value is -0.300. The summed E-state index contributed by atoms with van der Waals surface area (Å²) < 4.78 is 0. The molecule has 1 aromatic heterocycles. The first kappa shape index (κ1) is 17.8. The van der Waals surface area contributed by atoms with Crippen LogP contribution in [0.2, 0.25) is 0 Å². The van der Waals surface area contributed by atoms with Crippen LogP contribution in [-0.4, -0.2) is 19.6 Å². The molecule has 0 spiro atoms. The van der Waals surface area contributed by atoms with E-state index >= 15 is 0 Å². The first-order valence-electron chi connectivity index (χ1n) is 7.34. The molecule has 1 heterocycles. The normalized spacial score (nSPS) is 16.6. The third kappa shape index (κ3) is 6.43. The van der Waals surface area contributed by atoms with Crippen LogP contribution in [0.3, 0.4) is 0 Å². The lowest BCUT2D eigenvalue weighted by Gasteiger charge is -2.22.